The highest BCUT2D eigenvalue weighted by atomic mass is 16.3. The van der Waals surface area contributed by atoms with Gasteiger partial charge in [-0.15, -0.1) is 0 Å². The van der Waals surface area contributed by atoms with E-state index in [1.807, 2.05) is 47.9 Å². The fourth-order valence-electron chi connectivity index (χ4n) is 4.12. The molecule has 0 saturated heterocycles. The van der Waals surface area contributed by atoms with Gasteiger partial charge in [-0.05, 0) is 27.8 Å². The number of rotatable bonds is 6. The molecule has 3 aromatic rings. The lowest BCUT2D eigenvalue weighted by molar-refractivity contribution is -0.132. The van der Waals surface area contributed by atoms with E-state index >= 15 is 0 Å². The van der Waals surface area contributed by atoms with Gasteiger partial charge < -0.3 is 10.4 Å². The van der Waals surface area contributed by atoms with Gasteiger partial charge in [0, 0.05) is 12.3 Å². The molecule has 1 aliphatic carbocycles. The number of amides is 2. The SMILES string of the molecule is NNC(=O)[C@@H](NC(=O)CC1c2ccccc2-c2ccccc21)[C@@H](O)c1ccccc1. The molecule has 0 aromatic heterocycles. The lowest BCUT2D eigenvalue weighted by Gasteiger charge is -2.24. The number of aliphatic hydroxyl groups is 1. The zero-order chi connectivity index (χ0) is 21.1. The number of benzene rings is 3. The van der Waals surface area contributed by atoms with Crippen LogP contribution in [0.5, 0.6) is 0 Å². The highest BCUT2D eigenvalue weighted by Gasteiger charge is 2.33. The summed E-state index contributed by atoms with van der Waals surface area (Å²) >= 11 is 0. The number of carbonyl (C=O) groups is 2. The third-order valence-electron chi connectivity index (χ3n) is 5.55. The molecule has 0 heterocycles. The van der Waals surface area contributed by atoms with Crippen LogP contribution in [0.2, 0.25) is 0 Å². The van der Waals surface area contributed by atoms with Gasteiger partial charge in [0.25, 0.3) is 5.91 Å². The Morgan fingerprint density at radius 1 is 0.867 bits per heavy atom. The minimum Gasteiger partial charge on any atom is -0.386 e. The summed E-state index contributed by atoms with van der Waals surface area (Å²) in [5, 5.41) is 13.3. The van der Waals surface area contributed by atoms with Gasteiger partial charge in [0.15, 0.2) is 0 Å². The molecule has 0 radical (unpaired) electrons. The van der Waals surface area contributed by atoms with Crippen LogP contribution in [-0.4, -0.2) is 23.0 Å². The normalized spacial score (nSPS) is 14.3. The summed E-state index contributed by atoms with van der Waals surface area (Å²) in [4.78, 5) is 25.2. The number of hydrazine groups is 1. The molecule has 30 heavy (non-hydrogen) atoms. The number of fused-ring (bicyclic) bond motifs is 3. The molecule has 5 N–H and O–H groups in total. The van der Waals surface area contributed by atoms with Gasteiger partial charge in [0.1, 0.15) is 12.1 Å². The summed E-state index contributed by atoms with van der Waals surface area (Å²) in [6.07, 6.45) is -1.06. The van der Waals surface area contributed by atoms with Gasteiger partial charge in [0.05, 0.1) is 0 Å². The smallest absolute Gasteiger partial charge is 0.259 e. The number of aliphatic hydroxyl groups excluding tert-OH is 1. The maximum Gasteiger partial charge on any atom is 0.259 e. The van der Waals surface area contributed by atoms with E-state index in [1.54, 1.807) is 24.3 Å². The zero-order valence-corrected chi connectivity index (χ0v) is 16.3. The Bertz CT molecular complexity index is 1020. The van der Waals surface area contributed by atoms with Crippen molar-refractivity contribution in [2.24, 2.45) is 5.84 Å². The highest BCUT2D eigenvalue weighted by molar-refractivity contribution is 5.89. The summed E-state index contributed by atoms with van der Waals surface area (Å²) in [7, 11) is 0. The third kappa shape index (κ3) is 3.70. The van der Waals surface area contributed by atoms with E-state index in [2.05, 4.69) is 17.4 Å². The lowest BCUT2D eigenvalue weighted by Crippen LogP contribution is -2.52. The first-order chi connectivity index (χ1) is 14.6. The largest absolute Gasteiger partial charge is 0.386 e. The van der Waals surface area contributed by atoms with Crippen molar-refractivity contribution in [3.8, 4) is 11.1 Å². The van der Waals surface area contributed by atoms with Crippen LogP contribution >= 0.6 is 0 Å². The number of carbonyl (C=O) groups excluding carboxylic acids is 2. The third-order valence-corrected chi connectivity index (χ3v) is 5.55. The average molecular weight is 401 g/mol. The predicted molar refractivity (Wildman–Crippen MR) is 114 cm³/mol. The molecular formula is C24H23N3O3. The average Bonchev–Trinajstić information content (AvgIpc) is 3.11. The van der Waals surface area contributed by atoms with Crippen LogP contribution in [-0.2, 0) is 9.59 Å². The first kappa shape index (κ1) is 19.8. The second kappa shape index (κ2) is 8.49. The zero-order valence-electron chi connectivity index (χ0n) is 16.3. The van der Waals surface area contributed by atoms with E-state index in [0.29, 0.717) is 5.56 Å². The second-order valence-electron chi connectivity index (χ2n) is 7.34. The quantitative estimate of drug-likeness (QED) is 0.289. The molecule has 4 rings (SSSR count). The Kier molecular flexibility index (Phi) is 5.61. The van der Waals surface area contributed by atoms with Crippen molar-refractivity contribution in [3.63, 3.8) is 0 Å². The van der Waals surface area contributed by atoms with E-state index in [-0.39, 0.29) is 18.2 Å². The minimum atomic E-state index is -1.22. The molecule has 1 aliphatic rings. The Balaban J connectivity index is 1.56. The van der Waals surface area contributed by atoms with Crippen molar-refractivity contribution in [2.75, 3.05) is 0 Å². The van der Waals surface area contributed by atoms with Crippen molar-refractivity contribution in [3.05, 3.63) is 95.6 Å². The van der Waals surface area contributed by atoms with Gasteiger partial charge >= 0.3 is 0 Å². The molecule has 6 heteroatoms. The van der Waals surface area contributed by atoms with Crippen molar-refractivity contribution in [2.45, 2.75) is 24.5 Å². The van der Waals surface area contributed by atoms with E-state index in [4.69, 9.17) is 5.84 Å². The van der Waals surface area contributed by atoms with Crippen molar-refractivity contribution in [1.82, 2.24) is 10.7 Å². The topological polar surface area (TPSA) is 104 Å². The van der Waals surface area contributed by atoms with Gasteiger partial charge in [0.2, 0.25) is 5.91 Å². The molecule has 2 amide bonds. The van der Waals surface area contributed by atoms with E-state index in [9.17, 15) is 14.7 Å². The first-order valence-electron chi connectivity index (χ1n) is 9.81. The molecule has 0 fully saturated rings. The number of nitrogens with one attached hydrogen (secondary N) is 2. The van der Waals surface area contributed by atoms with Crippen LogP contribution in [0.15, 0.2) is 78.9 Å². The Morgan fingerprint density at radius 3 is 1.97 bits per heavy atom. The minimum absolute atomic E-state index is 0.118. The van der Waals surface area contributed by atoms with Crippen LogP contribution in [0.1, 0.15) is 35.1 Å². The number of nitrogens with two attached hydrogens (primary N) is 1. The Hall–Kier alpha value is -3.48. The standard InChI is InChI=1S/C24H23N3O3/c25-27-24(30)22(23(29)15-8-2-1-3-9-15)26-21(28)14-20-18-12-6-4-10-16(18)17-11-5-7-13-19(17)20/h1-13,20,22-23,29H,14,25H2,(H,26,28)(H,27,30)/t22-,23-/m0/s1. The summed E-state index contributed by atoms with van der Waals surface area (Å²) in [6.45, 7) is 0. The van der Waals surface area contributed by atoms with Crippen LogP contribution in [0.25, 0.3) is 11.1 Å². The van der Waals surface area contributed by atoms with Crippen LogP contribution in [0, 0.1) is 0 Å². The van der Waals surface area contributed by atoms with E-state index in [1.165, 1.54) is 0 Å². The van der Waals surface area contributed by atoms with Crippen molar-refractivity contribution in [1.29, 1.82) is 0 Å². The predicted octanol–water partition coefficient (Wildman–Crippen LogP) is 2.40. The van der Waals surface area contributed by atoms with Gasteiger partial charge in [-0.25, -0.2) is 5.84 Å². The molecule has 152 valence electrons. The Morgan fingerprint density at radius 2 is 1.40 bits per heavy atom. The second-order valence-corrected chi connectivity index (χ2v) is 7.34. The van der Waals surface area contributed by atoms with Crippen LogP contribution in [0.4, 0.5) is 0 Å². The maximum absolute atomic E-state index is 12.9. The lowest BCUT2D eigenvalue weighted by atomic mass is 9.93. The molecule has 6 nitrogen and oxygen atoms in total. The fraction of sp³-hybridized carbons (Fsp3) is 0.167. The Labute approximate surface area is 174 Å². The number of hydrogen-bond donors (Lipinski definition) is 4. The molecule has 0 bridgehead atoms. The summed E-state index contributed by atoms with van der Waals surface area (Å²) < 4.78 is 0. The van der Waals surface area contributed by atoms with Crippen molar-refractivity contribution >= 4 is 11.8 Å². The van der Waals surface area contributed by atoms with Crippen LogP contribution < -0.4 is 16.6 Å². The van der Waals surface area contributed by atoms with Crippen LogP contribution in [0.3, 0.4) is 0 Å². The molecule has 2 atom stereocenters. The van der Waals surface area contributed by atoms with Gasteiger partial charge in [-0.3, -0.25) is 15.0 Å². The first-order valence-corrected chi connectivity index (χ1v) is 9.81. The van der Waals surface area contributed by atoms with Gasteiger partial charge in [-0.1, -0.05) is 78.9 Å². The maximum atomic E-state index is 12.9. The summed E-state index contributed by atoms with van der Waals surface area (Å²) in [5.74, 6) is 4.18. The molecule has 0 spiro atoms. The molecule has 0 unspecified atom stereocenters. The monoisotopic (exact) mass is 401 g/mol. The van der Waals surface area contributed by atoms with E-state index in [0.717, 1.165) is 22.3 Å². The van der Waals surface area contributed by atoms with E-state index < -0.39 is 18.1 Å². The van der Waals surface area contributed by atoms with Gasteiger partial charge in [-0.2, -0.15) is 0 Å². The highest BCUT2D eigenvalue weighted by Crippen LogP contribution is 2.46. The molecular weight excluding hydrogens is 378 g/mol. The summed E-state index contributed by atoms with van der Waals surface area (Å²) in [5.41, 5.74) is 6.94. The van der Waals surface area contributed by atoms with Crippen molar-refractivity contribution < 1.29 is 14.7 Å². The molecule has 3 aromatic carbocycles. The fourth-order valence-corrected chi connectivity index (χ4v) is 4.12. The summed E-state index contributed by atoms with van der Waals surface area (Å²) in [6, 6.07) is 23.5. The number of hydrogen-bond acceptors (Lipinski definition) is 4. The molecule has 0 saturated carbocycles. The molecule has 0 aliphatic heterocycles.